The van der Waals surface area contributed by atoms with E-state index < -0.39 is 11.5 Å². The predicted octanol–water partition coefficient (Wildman–Crippen LogP) is 2.03. The SMILES string of the molecule is CC(C)(NC(=O)CCc1ccccc1CS)C(=O)O. The van der Waals surface area contributed by atoms with E-state index in [9.17, 15) is 9.59 Å². The van der Waals surface area contributed by atoms with Gasteiger partial charge in [0.05, 0.1) is 0 Å². The van der Waals surface area contributed by atoms with Gasteiger partial charge in [-0.25, -0.2) is 4.79 Å². The number of carbonyl (C=O) groups is 2. The van der Waals surface area contributed by atoms with Crippen LogP contribution in [0.2, 0.25) is 0 Å². The lowest BCUT2D eigenvalue weighted by atomic mass is 10.0. The quantitative estimate of drug-likeness (QED) is 0.699. The Morgan fingerprint density at radius 3 is 2.37 bits per heavy atom. The molecule has 0 radical (unpaired) electrons. The number of nitrogens with one attached hydrogen (secondary N) is 1. The number of benzene rings is 1. The van der Waals surface area contributed by atoms with Gasteiger partial charge in [0.25, 0.3) is 0 Å². The first-order valence-corrected chi connectivity index (χ1v) is 6.72. The summed E-state index contributed by atoms with van der Waals surface area (Å²) in [5.74, 6) is -0.684. The van der Waals surface area contributed by atoms with E-state index in [4.69, 9.17) is 5.11 Å². The van der Waals surface area contributed by atoms with Crippen LogP contribution in [0.4, 0.5) is 0 Å². The normalized spacial score (nSPS) is 11.1. The van der Waals surface area contributed by atoms with Gasteiger partial charge in [0.2, 0.25) is 5.91 Å². The van der Waals surface area contributed by atoms with Crippen LogP contribution < -0.4 is 5.32 Å². The van der Waals surface area contributed by atoms with Crippen molar-refractivity contribution in [2.24, 2.45) is 0 Å². The third-order valence-corrected chi connectivity index (χ3v) is 3.24. The lowest BCUT2D eigenvalue weighted by Crippen LogP contribution is -2.49. The fourth-order valence-corrected chi connectivity index (χ4v) is 1.98. The van der Waals surface area contributed by atoms with Crippen molar-refractivity contribution in [1.82, 2.24) is 5.32 Å². The highest BCUT2D eigenvalue weighted by molar-refractivity contribution is 7.79. The van der Waals surface area contributed by atoms with Gasteiger partial charge in [-0.3, -0.25) is 4.79 Å². The van der Waals surface area contributed by atoms with Crippen molar-refractivity contribution in [2.75, 3.05) is 0 Å². The van der Waals surface area contributed by atoms with E-state index in [2.05, 4.69) is 17.9 Å². The number of rotatable bonds is 6. The molecule has 0 unspecified atom stereocenters. The lowest BCUT2D eigenvalue weighted by Gasteiger charge is -2.21. The minimum atomic E-state index is -1.24. The maximum Gasteiger partial charge on any atom is 0.328 e. The van der Waals surface area contributed by atoms with Crippen LogP contribution in [0.25, 0.3) is 0 Å². The lowest BCUT2D eigenvalue weighted by molar-refractivity contribution is -0.146. The molecule has 0 bridgehead atoms. The zero-order valence-corrected chi connectivity index (χ0v) is 12.0. The first-order valence-electron chi connectivity index (χ1n) is 6.09. The summed E-state index contributed by atoms with van der Waals surface area (Å²) in [6.07, 6.45) is 0.847. The standard InChI is InChI=1S/C14H19NO3S/c1-14(2,13(17)18)15-12(16)8-7-10-5-3-4-6-11(10)9-19/h3-6,19H,7-9H2,1-2H3,(H,15,16)(H,17,18). The second-order valence-corrected chi connectivity index (χ2v) is 5.22. The van der Waals surface area contributed by atoms with Crippen molar-refractivity contribution in [2.45, 2.75) is 38.0 Å². The monoisotopic (exact) mass is 281 g/mol. The van der Waals surface area contributed by atoms with Gasteiger partial charge < -0.3 is 10.4 Å². The highest BCUT2D eigenvalue weighted by Gasteiger charge is 2.28. The molecule has 0 spiro atoms. The molecule has 104 valence electrons. The van der Waals surface area contributed by atoms with Crippen LogP contribution in [0.15, 0.2) is 24.3 Å². The molecule has 0 saturated heterocycles. The van der Waals surface area contributed by atoms with Gasteiger partial charge in [0.1, 0.15) is 5.54 Å². The molecule has 0 aromatic heterocycles. The number of carboxylic acid groups (broad SMARTS) is 1. The first kappa shape index (κ1) is 15.6. The van der Waals surface area contributed by atoms with E-state index in [1.54, 1.807) is 0 Å². The summed E-state index contributed by atoms with van der Waals surface area (Å²) in [7, 11) is 0. The van der Waals surface area contributed by atoms with Crippen LogP contribution in [0.3, 0.4) is 0 Å². The second kappa shape index (κ2) is 6.61. The van der Waals surface area contributed by atoms with Crippen molar-refractivity contribution in [3.8, 4) is 0 Å². The molecule has 5 heteroatoms. The Hall–Kier alpha value is -1.49. The van der Waals surface area contributed by atoms with E-state index >= 15 is 0 Å². The van der Waals surface area contributed by atoms with E-state index in [0.717, 1.165) is 11.1 Å². The molecule has 4 nitrogen and oxygen atoms in total. The summed E-state index contributed by atoms with van der Waals surface area (Å²) in [4.78, 5) is 22.6. The molecule has 2 N–H and O–H groups in total. The van der Waals surface area contributed by atoms with Crippen LogP contribution in [0.5, 0.6) is 0 Å². The number of carbonyl (C=O) groups excluding carboxylic acids is 1. The minimum absolute atomic E-state index is 0.263. The summed E-state index contributed by atoms with van der Waals surface area (Å²) >= 11 is 4.24. The molecule has 0 fully saturated rings. The number of aryl methyl sites for hydroxylation is 1. The fourth-order valence-electron chi connectivity index (χ4n) is 1.67. The summed E-state index contributed by atoms with van der Waals surface area (Å²) in [5.41, 5.74) is 0.928. The van der Waals surface area contributed by atoms with Crippen molar-refractivity contribution in [3.05, 3.63) is 35.4 Å². The topological polar surface area (TPSA) is 66.4 Å². The molecule has 0 aliphatic carbocycles. The smallest absolute Gasteiger partial charge is 0.328 e. The third kappa shape index (κ3) is 4.59. The van der Waals surface area contributed by atoms with E-state index in [1.165, 1.54) is 13.8 Å². The Balaban J connectivity index is 2.58. The number of aliphatic carboxylic acids is 1. The van der Waals surface area contributed by atoms with Crippen LogP contribution >= 0.6 is 12.6 Å². The number of amides is 1. The molecule has 19 heavy (non-hydrogen) atoms. The van der Waals surface area contributed by atoms with Gasteiger partial charge in [-0.2, -0.15) is 12.6 Å². The Morgan fingerprint density at radius 2 is 1.84 bits per heavy atom. The van der Waals surface area contributed by atoms with Gasteiger partial charge in [-0.15, -0.1) is 0 Å². The zero-order chi connectivity index (χ0) is 14.5. The Bertz CT molecular complexity index is 472. The van der Waals surface area contributed by atoms with Crippen molar-refractivity contribution < 1.29 is 14.7 Å². The Morgan fingerprint density at radius 1 is 1.26 bits per heavy atom. The highest BCUT2D eigenvalue weighted by atomic mass is 32.1. The van der Waals surface area contributed by atoms with Crippen LogP contribution in [0.1, 0.15) is 31.4 Å². The van der Waals surface area contributed by atoms with Crippen LogP contribution in [0, 0.1) is 0 Å². The van der Waals surface area contributed by atoms with Gasteiger partial charge in [0, 0.05) is 12.2 Å². The van der Waals surface area contributed by atoms with E-state index in [1.807, 2.05) is 24.3 Å². The Labute approximate surface area is 118 Å². The number of hydrogen-bond donors (Lipinski definition) is 3. The number of hydrogen-bond acceptors (Lipinski definition) is 3. The maximum absolute atomic E-state index is 11.7. The molecule has 0 heterocycles. The van der Waals surface area contributed by atoms with Gasteiger partial charge in [-0.1, -0.05) is 24.3 Å². The van der Waals surface area contributed by atoms with E-state index in [0.29, 0.717) is 12.2 Å². The third-order valence-electron chi connectivity index (χ3n) is 2.90. The summed E-state index contributed by atoms with van der Waals surface area (Å²) < 4.78 is 0. The molecule has 1 rings (SSSR count). The molecule has 0 aliphatic rings. The van der Waals surface area contributed by atoms with Crippen LogP contribution in [-0.4, -0.2) is 22.5 Å². The molecule has 1 amide bonds. The highest BCUT2D eigenvalue weighted by Crippen LogP contribution is 2.13. The molecule has 0 aliphatic heterocycles. The Kier molecular flexibility index (Phi) is 5.42. The van der Waals surface area contributed by atoms with Gasteiger partial charge >= 0.3 is 5.97 Å². The summed E-state index contributed by atoms with van der Waals surface area (Å²) in [6, 6.07) is 7.78. The average molecular weight is 281 g/mol. The van der Waals surface area contributed by atoms with Crippen molar-refractivity contribution in [3.63, 3.8) is 0 Å². The van der Waals surface area contributed by atoms with Crippen molar-refractivity contribution >= 4 is 24.5 Å². The summed E-state index contributed by atoms with van der Waals surface area (Å²) in [5, 5.41) is 11.4. The zero-order valence-electron chi connectivity index (χ0n) is 11.1. The average Bonchev–Trinajstić information content (AvgIpc) is 2.36. The summed E-state index contributed by atoms with van der Waals surface area (Å²) in [6.45, 7) is 2.93. The van der Waals surface area contributed by atoms with Gasteiger partial charge in [-0.05, 0) is 31.4 Å². The molecule has 1 aromatic rings. The second-order valence-electron chi connectivity index (χ2n) is 4.91. The molecular formula is C14H19NO3S. The van der Waals surface area contributed by atoms with Crippen LogP contribution in [-0.2, 0) is 21.8 Å². The van der Waals surface area contributed by atoms with Gasteiger partial charge in [0.15, 0.2) is 0 Å². The number of thiol groups is 1. The largest absolute Gasteiger partial charge is 0.480 e. The number of carboxylic acids is 1. The maximum atomic E-state index is 11.7. The predicted molar refractivity (Wildman–Crippen MR) is 77.3 cm³/mol. The minimum Gasteiger partial charge on any atom is -0.480 e. The fraction of sp³-hybridized carbons (Fsp3) is 0.429. The first-order chi connectivity index (χ1) is 8.86. The van der Waals surface area contributed by atoms with Crippen molar-refractivity contribution in [1.29, 1.82) is 0 Å². The molecule has 0 atom stereocenters. The molecule has 1 aromatic carbocycles. The molecule has 0 saturated carbocycles. The molecular weight excluding hydrogens is 262 g/mol. The van der Waals surface area contributed by atoms with E-state index in [-0.39, 0.29) is 12.3 Å².